The molecule has 1 aromatic carbocycles. The SMILES string of the molecule is Cc1ccc(-c2c(CC3CC3)noc2N)cc1. The average Bonchev–Trinajstić information content (AvgIpc) is 3.05. The monoisotopic (exact) mass is 228 g/mol. The number of nitrogen functional groups attached to an aromatic ring is 1. The van der Waals surface area contributed by atoms with Gasteiger partial charge in [-0.15, -0.1) is 0 Å². The van der Waals surface area contributed by atoms with Gasteiger partial charge < -0.3 is 10.3 Å². The Labute approximate surface area is 101 Å². The van der Waals surface area contributed by atoms with Crippen molar-refractivity contribution in [1.29, 1.82) is 0 Å². The molecule has 0 atom stereocenters. The smallest absolute Gasteiger partial charge is 0.230 e. The van der Waals surface area contributed by atoms with Crippen LogP contribution in [-0.4, -0.2) is 5.16 Å². The molecule has 0 bridgehead atoms. The zero-order valence-electron chi connectivity index (χ0n) is 9.94. The van der Waals surface area contributed by atoms with Gasteiger partial charge in [0.05, 0.1) is 11.3 Å². The molecule has 0 aliphatic heterocycles. The van der Waals surface area contributed by atoms with Crippen LogP contribution < -0.4 is 5.73 Å². The number of benzene rings is 1. The summed E-state index contributed by atoms with van der Waals surface area (Å²) in [7, 11) is 0. The molecule has 1 saturated carbocycles. The van der Waals surface area contributed by atoms with Crippen LogP contribution in [0.25, 0.3) is 11.1 Å². The van der Waals surface area contributed by atoms with E-state index in [2.05, 4.69) is 36.3 Å². The lowest BCUT2D eigenvalue weighted by Gasteiger charge is -2.02. The van der Waals surface area contributed by atoms with E-state index in [-0.39, 0.29) is 0 Å². The number of anilines is 1. The van der Waals surface area contributed by atoms with Crippen LogP contribution in [0.5, 0.6) is 0 Å². The Morgan fingerprint density at radius 2 is 2.00 bits per heavy atom. The molecule has 1 aliphatic rings. The van der Waals surface area contributed by atoms with Crippen molar-refractivity contribution in [2.24, 2.45) is 5.92 Å². The molecule has 2 N–H and O–H groups in total. The fourth-order valence-electron chi connectivity index (χ4n) is 2.10. The Morgan fingerprint density at radius 1 is 1.29 bits per heavy atom. The minimum absolute atomic E-state index is 0.435. The fraction of sp³-hybridized carbons (Fsp3) is 0.357. The molecule has 0 spiro atoms. The zero-order chi connectivity index (χ0) is 11.8. The molecule has 1 aliphatic carbocycles. The van der Waals surface area contributed by atoms with E-state index >= 15 is 0 Å². The molecule has 3 heteroatoms. The van der Waals surface area contributed by atoms with Crippen LogP contribution in [0.4, 0.5) is 5.88 Å². The molecule has 0 radical (unpaired) electrons. The van der Waals surface area contributed by atoms with E-state index in [4.69, 9.17) is 10.3 Å². The van der Waals surface area contributed by atoms with Gasteiger partial charge in [0.25, 0.3) is 0 Å². The largest absolute Gasteiger partial charge is 0.367 e. The maximum Gasteiger partial charge on any atom is 0.230 e. The molecule has 0 unspecified atom stereocenters. The topological polar surface area (TPSA) is 52.0 Å². The van der Waals surface area contributed by atoms with Crippen LogP contribution in [0.3, 0.4) is 0 Å². The minimum Gasteiger partial charge on any atom is -0.367 e. The van der Waals surface area contributed by atoms with Gasteiger partial charge in [0.15, 0.2) is 0 Å². The predicted molar refractivity (Wildman–Crippen MR) is 67.5 cm³/mol. The third-order valence-corrected chi connectivity index (χ3v) is 3.31. The highest BCUT2D eigenvalue weighted by molar-refractivity contribution is 5.75. The summed E-state index contributed by atoms with van der Waals surface area (Å²) in [5, 5.41) is 4.09. The first-order chi connectivity index (χ1) is 8.24. The van der Waals surface area contributed by atoms with Gasteiger partial charge >= 0.3 is 0 Å². The molecular weight excluding hydrogens is 212 g/mol. The summed E-state index contributed by atoms with van der Waals surface area (Å²) in [6.45, 7) is 2.08. The van der Waals surface area contributed by atoms with Gasteiger partial charge in [-0.1, -0.05) is 35.0 Å². The number of rotatable bonds is 3. The molecule has 88 valence electrons. The number of hydrogen-bond acceptors (Lipinski definition) is 3. The first kappa shape index (κ1) is 10.4. The lowest BCUT2D eigenvalue weighted by Crippen LogP contribution is -1.92. The Bertz CT molecular complexity index is 524. The average molecular weight is 228 g/mol. The molecule has 3 rings (SSSR count). The van der Waals surface area contributed by atoms with Gasteiger partial charge in [-0.05, 0) is 37.7 Å². The molecular formula is C14H16N2O. The van der Waals surface area contributed by atoms with Crippen molar-refractivity contribution in [2.45, 2.75) is 26.2 Å². The summed E-state index contributed by atoms with van der Waals surface area (Å²) in [6, 6.07) is 8.33. The summed E-state index contributed by atoms with van der Waals surface area (Å²) < 4.78 is 5.14. The van der Waals surface area contributed by atoms with E-state index in [0.717, 1.165) is 29.2 Å². The number of aromatic nitrogens is 1. The van der Waals surface area contributed by atoms with E-state index in [1.807, 2.05) is 0 Å². The third kappa shape index (κ3) is 2.05. The second-order valence-corrected chi connectivity index (χ2v) is 4.88. The van der Waals surface area contributed by atoms with Crippen molar-refractivity contribution < 1.29 is 4.52 Å². The predicted octanol–water partition coefficient (Wildman–Crippen LogP) is 3.18. The van der Waals surface area contributed by atoms with Crippen molar-refractivity contribution >= 4 is 5.88 Å². The second-order valence-electron chi connectivity index (χ2n) is 4.88. The second kappa shape index (κ2) is 3.91. The van der Waals surface area contributed by atoms with Gasteiger partial charge in [-0.2, -0.15) is 0 Å². The van der Waals surface area contributed by atoms with Crippen LogP contribution in [-0.2, 0) is 6.42 Å². The quantitative estimate of drug-likeness (QED) is 0.877. The number of nitrogens with two attached hydrogens (primary N) is 1. The summed E-state index contributed by atoms with van der Waals surface area (Å²) in [6.07, 6.45) is 3.60. The van der Waals surface area contributed by atoms with Crippen molar-refractivity contribution in [1.82, 2.24) is 5.16 Å². The highest BCUT2D eigenvalue weighted by Crippen LogP contribution is 2.37. The molecule has 2 aromatic rings. The van der Waals surface area contributed by atoms with E-state index < -0.39 is 0 Å². The number of hydrogen-bond donors (Lipinski definition) is 1. The van der Waals surface area contributed by atoms with Crippen molar-refractivity contribution in [3.05, 3.63) is 35.5 Å². The van der Waals surface area contributed by atoms with Crippen LogP contribution in [0.15, 0.2) is 28.8 Å². The van der Waals surface area contributed by atoms with Crippen LogP contribution in [0.1, 0.15) is 24.1 Å². The van der Waals surface area contributed by atoms with Gasteiger partial charge in [0, 0.05) is 0 Å². The van der Waals surface area contributed by atoms with E-state index in [0.29, 0.717) is 5.88 Å². The third-order valence-electron chi connectivity index (χ3n) is 3.31. The Morgan fingerprint density at radius 3 is 2.65 bits per heavy atom. The molecule has 1 aromatic heterocycles. The van der Waals surface area contributed by atoms with Crippen LogP contribution in [0.2, 0.25) is 0 Å². The fourth-order valence-corrected chi connectivity index (χ4v) is 2.10. The van der Waals surface area contributed by atoms with E-state index in [9.17, 15) is 0 Å². The van der Waals surface area contributed by atoms with Gasteiger partial charge in [0.2, 0.25) is 5.88 Å². The van der Waals surface area contributed by atoms with Crippen molar-refractivity contribution in [3.63, 3.8) is 0 Å². The van der Waals surface area contributed by atoms with Gasteiger partial charge in [-0.3, -0.25) is 0 Å². The lowest BCUT2D eigenvalue weighted by atomic mass is 10.0. The first-order valence-corrected chi connectivity index (χ1v) is 6.05. The molecule has 1 heterocycles. The molecule has 3 nitrogen and oxygen atoms in total. The number of aryl methyl sites for hydroxylation is 1. The van der Waals surface area contributed by atoms with Crippen LogP contribution >= 0.6 is 0 Å². The highest BCUT2D eigenvalue weighted by atomic mass is 16.5. The molecule has 17 heavy (non-hydrogen) atoms. The first-order valence-electron chi connectivity index (χ1n) is 6.05. The van der Waals surface area contributed by atoms with Gasteiger partial charge in [0.1, 0.15) is 0 Å². The number of nitrogens with zero attached hydrogens (tertiary/aromatic N) is 1. The summed E-state index contributed by atoms with van der Waals surface area (Å²) in [5.41, 5.74) is 10.2. The van der Waals surface area contributed by atoms with E-state index in [1.54, 1.807) is 0 Å². The normalized spacial score (nSPS) is 15.1. The molecule has 1 fully saturated rings. The maximum atomic E-state index is 5.88. The Hall–Kier alpha value is -1.77. The van der Waals surface area contributed by atoms with Crippen molar-refractivity contribution in [2.75, 3.05) is 5.73 Å². The lowest BCUT2D eigenvalue weighted by molar-refractivity contribution is 0.426. The summed E-state index contributed by atoms with van der Waals surface area (Å²) in [4.78, 5) is 0. The Kier molecular flexibility index (Phi) is 2.39. The standard InChI is InChI=1S/C14H16N2O/c1-9-2-6-11(7-3-9)13-12(8-10-4-5-10)16-17-14(13)15/h2-3,6-7,10H,4-5,8,15H2,1H3. The van der Waals surface area contributed by atoms with Crippen LogP contribution in [0, 0.1) is 12.8 Å². The van der Waals surface area contributed by atoms with E-state index in [1.165, 1.54) is 18.4 Å². The van der Waals surface area contributed by atoms with Gasteiger partial charge in [-0.25, -0.2) is 0 Å². The minimum atomic E-state index is 0.435. The maximum absolute atomic E-state index is 5.88. The highest BCUT2D eigenvalue weighted by Gasteiger charge is 2.26. The Balaban J connectivity index is 1.99. The zero-order valence-corrected chi connectivity index (χ0v) is 9.94. The van der Waals surface area contributed by atoms with Crippen molar-refractivity contribution in [3.8, 4) is 11.1 Å². The summed E-state index contributed by atoms with van der Waals surface area (Å²) >= 11 is 0. The molecule has 0 amide bonds. The summed E-state index contributed by atoms with van der Waals surface area (Å²) in [5.74, 6) is 1.22. The molecule has 0 saturated heterocycles.